The molecule has 1 fully saturated rings. The van der Waals surface area contributed by atoms with Crippen LogP contribution in [0.2, 0.25) is 0 Å². The average Bonchev–Trinajstić information content (AvgIpc) is 3.19. The Kier molecular flexibility index (Phi) is 4.50. The van der Waals surface area contributed by atoms with Gasteiger partial charge >= 0.3 is 12.1 Å². The SMILES string of the molecule is CC1(C)OC(C(=O)O)C(c2ccco2)N1C(=O)OCc1ccccc1. The molecule has 0 radical (unpaired) electrons. The molecule has 25 heavy (non-hydrogen) atoms. The number of carboxylic acid groups (broad SMARTS) is 1. The number of aliphatic carboxylic acids is 1. The zero-order valence-corrected chi connectivity index (χ0v) is 13.9. The highest BCUT2D eigenvalue weighted by Crippen LogP contribution is 2.42. The molecule has 2 aromatic rings. The summed E-state index contributed by atoms with van der Waals surface area (Å²) < 4.78 is 16.3. The van der Waals surface area contributed by atoms with E-state index in [1.54, 1.807) is 26.0 Å². The molecule has 0 spiro atoms. The lowest BCUT2D eigenvalue weighted by Gasteiger charge is -2.31. The molecule has 1 aromatic carbocycles. The monoisotopic (exact) mass is 345 g/mol. The number of carbonyl (C=O) groups is 2. The number of hydrogen-bond donors (Lipinski definition) is 1. The van der Waals surface area contributed by atoms with Crippen molar-refractivity contribution in [3.63, 3.8) is 0 Å². The number of carboxylic acids is 1. The van der Waals surface area contributed by atoms with Gasteiger partial charge in [-0.25, -0.2) is 9.59 Å². The summed E-state index contributed by atoms with van der Waals surface area (Å²) in [5.41, 5.74) is -0.327. The van der Waals surface area contributed by atoms with Crippen molar-refractivity contribution in [1.82, 2.24) is 4.90 Å². The predicted molar refractivity (Wildman–Crippen MR) is 86.5 cm³/mol. The molecule has 1 amide bonds. The second-order valence-electron chi connectivity index (χ2n) is 6.19. The highest BCUT2D eigenvalue weighted by atomic mass is 16.6. The van der Waals surface area contributed by atoms with E-state index < -0.39 is 29.9 Å². The Balaban J connectivity index is 1.85. The number of nitrogens with zero attached hydrogens (tertiary/aromatic N) is 1. The summed E-state index contributed by atoms with van der Waals surface area (Å²) in [6.07, 6.45) is -0.489. The zero-order valence-electron chi connectivity index (χ0n) is 13.9. The van der Waals surface area contributed by atoms with Crippen molar-refractivity contribution in [2.45, 2.75) is 38.3 Å². The minimum Gasteiger partial charge on any atom is -0.479 e. The van der Waals surface area contributed by atoms with Gasteiger partial charge in [-0.1, -0.05) is 30.3 Å². The molecule has 2 heterocycles. The van der Waals surface area contributed by atoms with E-state index in [0.29, 0.717) is 5.76 Å². The van der Waals surface area contributed by atoms with E-state index in [4.69, 9.17) is 13.9 Å². The van der Waals surface area contributed by atoms with Gasteiger partial charge in [-0.05, 0) is 31.5 Å². The maximum absolute atomic E-state index is 12.7. The highest BCUT2D eigenvalue weighted by Gasteiger charge is 2.55. The molecule has 1 N–H and O–H groups in total. The first-order chi connectivity index (χ1) is 11.9. The van der Waals surface area contributed by atoms with E-state index in [1.807, 2.05) is 30.3 Å². The molecular weight excluding hydrogens is 326 g/mol. The molecular formula is C18H19NO6. The number of benzene rings is 1. The summed E-state index contributed by atoms with van der Waals surface area (Å²) in [5, 5.41) is 9.48. The molecule has 7 heteroatoms. The molecule has 1 aliphatic rings. The lowest BCUT2D eigenvalue weighted by atomic mass is 10.1. The van der Waals surface area contributed by atoms with Crippen molar-refractivity contribution in [3.8, 4) is 0 Å². The normalized spacial score (nSPS) is 21.9. The van der Waals surface area contributed by atoms with Crippen molar-refractivity contribution in [3.05, 3.63) is 60.1 Å². The van der Waals surface area contributed by atoms with Gasteiger partial charge in [0.15, 0.2) is 6.10 Å². The Morgan fingerprint density at radius 3 is 2.52 bits per heavy atom. The van der Waals surface area contributed by atoms with Crippen LogP contribution in [0.1, 0.15) is 31.2 Å². The number of amides is 1. The zero-order chi connectivity index (χ0) is 18.0. The number of hydrogen-bond acceptors (Lipinski definition) is 5. The van der Waals surface area contributed by atoms with Crippen LogP contribution in [-0.2, 0) is 20.9 Å². The molecule has 1 saturated heterocycles. The van der Waals surface area contributed by atoms with Crippen LogP contribution in [0.15, 0.2) is 53.1 Å². The third kappa shape index (κ3) is 3.36. The van der Waals surface area contributed by atoms with E-state index >= 15 is 0 Å². The molecule has 0 saturated carbocycles. The minimum atomic E-state index is -1.24. The van der Waals surface area contributed by atoms with Crippen molar-refractivity contribution in [2.24, 2.45) is 0 Å². The standard InChI is InChI=1S/C18H19NO6/c1-18(2)19(17(22)24-11-12-7-4-3-5-8-12)14(13-9-6-10-23-13)15(25-18)16(20)21/h3-10,14-15H,11H2,1-2H3,(H,20,21). The van der Waals surface area contributed by atoms with Gasteiger partial charge in [0.25, 0.3) is 0 Å². The Morgan fingerprint density at radius 1 is 1.20 bits per heavy atom. The summed E-state index contributed by atoms with van der Waals surface area (Å²) in [5.74, 6) is -0.845. The lowest BCUT2D eigenvalue weighted by Crippen LogP contribution is -2.45. The summed E-state index contributed by atoms with van der Waals surface area (Å²) in [6, 6.07) is 11.6. The minimum absolute atomic E-state index is 0.0782. The second-order valence-corrected chi connectivity index (χ2v) is 6.19. The van der Waals surface area contributed by atoms with Crippen molar-refractivity contribution in [2.75, 3.05) is 0 Å². The number of furan rings is 1. The maximum Gasteiger partial charge on any atom is 0.413 e. The Morgan fingerprint density at radius 2 is 1.92 bits per heavy atom. The first-order valence-electron chi connectivity index (χ1n) is 7.84. The van der Waals surface area contributed by atoms with Gasteiger partial charge in [0.05, 0.1) is 6.26 Å². The Bertz CT molecular complexity index is 740. The molecule has 7 nitrogen and oxygen atoms in total. The lowest BCUT2D eigenvalue weighted by molar-refractivity contribution is -0.155. The van der Waals surface area contributed by atoms with Crippen molar-refractivity contribution in [1.29, 1.82) is 0 Å². The van der Waals surface area contributed by atoms with Gasteiger partial charge in [-0.2, -0.15) is 0 Å². The summed E-state index contributed by atoms with van der Waals surface area (Å²) in [6.45, 7) is 3.32. The first-order valence-corrected chi connectivity index (χ1v) is 7.84. The maximum atomic E-state index is 12.7. The van der Waals surface area contributed by atoms with Crippen LogP contribution in [0.25, 0.3) is 0 Å². The molecule has 3 rings (SSSR count). The Labute approximate surface area is 144 Å². The fourth-order valence-electron chi connectivity index (χ4n) is 2.95. The van der Waals surface area contributed by atoms with Gasteiger partial charge in [-0.3, -0.25) is 4.90 Å². The second kappa shape index (κ2) is 6.60. The molecule has 132 valence electrons. The number of carbonyl (C=O) groups excluding carboxylic acids is 1. The molecule has 0 bridgehead atoms. The van der Waals surface area contributed by atoms with E-state index in [2.05, 4.69) is 0 Å². The third-order valence-corrected chi connectivity index (χ3v) is 4.04. The van der Waals surface area contributed by atoms with E-state index in [0.717, 1.165) is 5.56 Å². The molecule has 1 aliphatic heterocycles. The fourth-order valence-corrected chi connectivity index (χ4v) is 2.95. The topological polar surface area (TPSA) is 89.2 Å². The number of ether oxygens (including phenoxy) is 2. The quantitative estimate of drug-likeness (QED) is 0.915. The molecule has 2 unspecified atom stereocenters. The van der Waals surface area contributed by atoms with Crippen LogP contribution >= 0.6 is 0 Å². The van der Waals surface area contributed by atoms with Crippen LogP contribution in [0.5, 0.6) is 0 Å². The van der Waals surface area contributed by atoms with Crippen LogP contribution in [0, 0.1) is 0 Å². The summed E-state index contributed by atoms with van der Waals surface area (Å²) in [7, 11) is 0. The smallest absolute Gasteiger partial charge is 0.413 e. The van der Waals surface area contributed by atoms with E-state index in [1.165, 1.54) is 11.2 Å². The van der Waals surface area contributed by atoms with Crippen LogP contribution in [0.3, 0.4) is 0 Å². The largest absolute Gasteiger partial charge is 0.479 e. The van der Waals surface area contributed by atoms with Gasteiger partial charge in [-0.15, -0.1) is 0 Å². The van der Waals surface area contributed by atoms with E-state index in [9.17, 15) is 14.7 Å². The average molecular weight is 345 g/mol. The van der Waals surface area contributed by atoms with Crippen LogP contribution in [0.4, 0.5) is 4.79 Å². The highest BCUT2D eigenvalue weighted by molar-refractivity contribution is 5.77. The Hall–Kier alpha value is -2.80. The van der Waals surface area contributed by atoms with Gasteiger partial charge in [0, 0.05) is 0 Å². The fraction of sp³-hybridized carbons (Fsp3) is 0.333. The summed E-state index contributed by atoms with van der Waals surface area (Å²) >= 11 is 0. The van der Waals surface area contributed by atoms with Crippen LogP contribution < -0.4 is 0 Å². The van der Waals surface area contributed by atoms with Crippen molar-refractivity contribution < 1.29 is 28.6 Å². The molecule has 0 aliphatic carbocycles. The predicted octanol–water partition coefficient (Wildman–Crippen LogP) is 3.18. The van der Waals surface area contributed by atoms with Crippen molar-refractivity contribution >= 4 is 12.1 Å². The van der Waals surface area contributed by atoms with Gasteiger partial charge < -0.3 is 19.0 Å². The van der Waals surface area contributed by atoms with Crippen LogP contribution in [-0.4, -0.2) is 33.9 Å². The third-order valence-electron chi connectivity index (χ3n) is 4.04. The van der Waals surface area contributed by atoms with E-state index in [-0.39, 0.29) is 6.61 Å². The molecule has 1 aromatic heterocycles. The van der Waals surface area contributed by atoms with Gasteiger partial charge in [0.2, 0.25) is 0 Å². The summed E-state index contributed by atoms with van der Waals surface area (Å²) in [4.78, 5) is 25.6. The van der Waals surface area contributed by atoms with Gasteiger partial charge in [0.1, 0.15) is 24.1 Å². The molecule has 2 atom stereocenters. The number of rotatable bonds is 4. The first kappa shape index (κ1) is 17.0.